The summed E-state index contributed by atoms with van der Waals surface area (Å²) in [5.74, 6) is 0.784. The average Bonchev–Trinajstić information content (AvgIpc) is 2.25. The maximum Gasteiger partial charge on any atom is 0.136 e. The minimum atomic E-state index is 0.302. The lowest BCUT2D eigenvalue weighted by atomic mass is 9.83. The van der Waals surface area contributed by atoms with E-state index in [2.05, 4.69) is 12.2 Å². The van der Waals surface area contributed by atoms with Crippen molar-refractivity contribution in [2.45, 2.75) is 51.1 Å². The molecule has 2 heterocycles. The molecule has 1 N–H and O–H groups in total. The van der Waals surface area contributed by atoms with Gasteiger partial charge < -0.3 is 10.1 Å². The van der Waals surface area contributed by atoms with Gasteiger partial charge in [-0.3, -0.25) is 4.79 Å². The fourth-order valence-corrected chi connectivity index (χ4v) is 2.66. The van der Waals surface area contributed by atoms with Gasteiger partial charge in [0.2, 0.25) is 0 Å². The van der Waals surface area contributed by atoms with Crippen LogP contribution in [-0.2, 0) is 9.53 Å². The Hall–Kier alpha value is -0.410. The molecule has 86 valence electrons. The van der Waals surface area contributed by atoms with Crippen molar-refractivity contribution in [2.75, 3.05) is 13.2 Å². The number of carbonyl (C=O) groups is 1. The Labute approximate surface area is 91.6 Å². The largest absolute Gasteiger partial charge is 0.378 e. The smallest absolute Gasteiger partial charge is 0.136 e. The molecule has 0 aromatic rings. The molecule has 2 aliphatic heterocycles. The van der Waals surface area contributed by atoms with Crippen LogP contribution in [0.2, 0.25) is 0 Å². The van der Waals surface area contributed by atoms with Crippen LogP contribution in [0.25, 0.3) is 0 Å². The molecule has 2 bridgehead atoms. The second kappa shape index (κ2) is 5.08. The van der Waals surface area contributed by atoms with Gasteiger partial charge in [-0.15, -0.1) is 0 Å². The summed E-state index contributed by atoms with van der Waals surface area (Å²) in [7, 11) is 0. The van der Waals surface area contributed by atoms with E-state index in [1.165, 1.54) is 0 Å². The van der Waals surface area contributed by atoms with Gasteiger partial charge in [-0.2, -0.15) is 0 Å². The summed E-state index contributed by atoms with van der Waals surface area (Å²) in [4.78, 5) is 11.9. The first kappa shape index (κ1) is 11.1. The van der Waals surface area contributed by atoms with E-state index in [-0.39, 0.29) is 0 Å². The van der Waals surface area contributed by atoms with Crippen molar-refractivity contribution in [3.05, 3.63) is 0 Å². The molecular weight excluding hydrogens is 190 g/mol. The van der Waals surface area contributed by atoms with E-state index in [1.807, 2.05) is 0 Å². The van der Waals surface area contributed by atoms with Crippen LogP contribution < -0.4 is 5.32 Å². The summed E-state index contributed by atoms with van der Waals surface area (Å²) >= 11 is 0. The highest BCUT2D eigenvalue weighted by Gasteiger charge is 2.34. The minimum Gasteiger partial charge on any atom is -0.378 e. The first-order valence-corrected chi connectivity index (χ1v) is 6.16. The topological polar surface area (TPSA) is 38.3 Å². The fraction of sp³-hybridized carbons (Fsp3) is 0.917. The van der Waals surface area contributed by atoms with Crippen molar-refractivity contribution in [2.24, 2.45) is 5.92 Å². The van der Waals surface area contributed by atoms with Gasteiger partial charge in [0.1, 0.15) is 5.78 Å². The molecule has 0 saturated carbocycles. The van der Waals surface area contributed by atoms with Crippen LogP contribution in [0, 0.1) is 5.92 Å². The van der Waals surface area contributed by atoms with Crippen LogP contribution in [-0.4, -0.2) is 31.1 Å². The molecular formula is C12H21NO2. The van der Waals surface area contributed by atoms with E-state index >= 15 is 0 Å². The van der Waals surface area contributed by atoms with Crippen LogP contribution in [0.4, 0.5) is 0 Å². The number of ketones is 1. The summed E-state index contributed by atoms with van der Waals surface area (Å²) in [5.41, 5.74) is 0. The number of fused-ring (bicyclic) bond motifs is 2. The molecule has 0 spiro atoms. The molecule has 0 radical (unpaired) electrons. The summed E-state index contributed by atoms with van der Waals surface area (Å²) < 4.78 is 5.47. The number of nitrogens with one attached hydrogen (secondary N) is 1. The third kappa shape index (κ3) is 2.79. The van der Waals surface area contributed by atoms with E-state index in [9.17, 15) is 4.79 Å². The van der Waals surface area contributed by atoms with E-state index < -0.39 is 0 Å². The Morgan fingerprint density at radius 3 is 2.60 bits per heavy atom. The standard InChI is InChI=1S/C12H21NO2/c1-2-3-4-12(14)9-5-10-7-15-8-11(6-9)13-10/h9-11,13H,2-8H2,1H3. The van der Waals surface area contributed by atoms with Gasteiger partial charge in [0, 0.05) is 24.4 Å². The molecule has 3 heteroatoms. The number of ether oxygens (including phenoxy) is 1. The molecule has 0 aromatic heterocycles. The number of carbonyl (C=O) groups excluding carboxylic acids is 1. The lowest BCUT2D eigenvalue weighted by Crippen LogP contribution is -2.55. The first-order valence-electron chi connectivity index (χ1n) is 6.16. The first-order chi connectivity index (χ1) is 7.29. The zero-order valence-corrected chi connectivity index (χ0v) is 9.50. The summed E-state index contributed by atoms with van der Waals surface area (Å²) in [5, 5.41) is 3.52. The third-order valence-corrected chi connectivity index (χ3v) is 3.48. The van der Waals surface area contributed by atoms with Crippen molar-refractivity contribution in [3.63, 3.8) is 0 Å². The lowest BCUT2D eigenvalue weighted by molar-refractivity contribution is -0.126. The van der Waals surface area contributed by atoms with E-state index in [0.717, 1.165) is 45.3 Å². The molecule has 2 rings (SSSR count). The Morgan fingerprint density at radius 1 is 1.33 bits per heavy atom. The molecule has 2 aliphatic rings. The zero-order chi connectivity index (χ0) is 10.7. The number of unbranched alkanes of at least 4 members (excludes halogenated alkanes) is 1. The molecule has 15 heavy (non-hydrogen) atoms. The molecule has 2 fully saturated rings. The van der Waals surface area contributed by atoms with Crippen molar-refractivity contribution < 1.29 is 9.53 Å². The quantitative estimate of drug-likeness (QED) is 0.766. The number of morpholine rings is 1. The third-order valence-electron chi connectivity index (χ3n) is 3.48. The second-order valence-electron chi connectivity index (χ2n) is 4.84. The molecule has 2 atom stereocenters. The van der Waals surface area contributed by atoms with Crippen molar-refractivity contribution >= 4 is 5.78 Å². The van der Waals surface area contributed by atoms with Gasteiger partial charge in [0.15, 0.2) is 0 Å². The van der Waals surface area contributed by atoms with Crippen LogP contribution in [0.15, 0.2) is 0 Å². The number of Topliss-reactive ketones (excluding diaryl/α,β-unsaturated/α-hetero) is 1. The fourth-order valence-electron chi connectivity index (χ4n) is 2.66. The Kier molecular flexibility index (Phi) is 3.76. The number of piperidine rings is 1. The van der Waals surface area contributed by atoms with E-state index in [4.69, 9.17) is 4.74 Å². The van der Waals surface area contributed by atoms with Gasteiger partial charge in [-0.1, -0.05) is 13.3 Å². The molecule has 0 aliphatic carbocycles. The number of rotatable bonds is 4. The lowest BCUT2D eigenvalue weighted by Gasteiger charge is -2.39. The zero-order valence-electron chi connectivity index (χ0n) is 9.50. The van der Waals surface area contributed by atoms with Gasteiger partial charge >= 0.3 is 0 Å². The van der Waals surface area contributed by atoms with Crippen molar-refractivity contribution in [3.8, 4) is 0 Å². The number of hydrogen-bond acceptors (Lipinski definition) is 3. The predicted octanol–water partition coefficient (Wildman–Crippen LogP) is 1.51. The van der Waals surface area contributed by atoms with Crippen molar-refractivity contribution in [1.82, 2.24) is 5.32 Å². The molecule has 2 unspecified atom stereocenters. The van der Waals surface area contributed by atoms with Gasteiger partial charge in [-0.05, 0) is 19.3 Å². The van der Waals surface area contributed by atoms with E-state index in [0.29, 0.717) is 23.8 Å². The maximum absolute atomic E-state index is 11.9. The molecule has 3 nitrogen and oxygen atoms in total. The van der Waals surface area contributed by atoms with Gasteiger partial charge in [-0.25, -0.2) is 0 Å². The summed E-state index contributed by atoms with van der Waals surface area (Å²) in [6, 6.07) is 0.848. The average molecular weight is 211 g/mol. The highest BCUT2D eigenvalue weighted by molar-refractivity contribution is 5.81. The SMILES string of the molecule is CCCCC(=O)C1CC2COCC(C1)N2. The van der Waals surface area contributed by atoms with Crippen LogP contribution in [0.5, 0.6) is 0 Å². The highest BCUT2D eigenvalue weighted by atomic mass is 16.5. The van der Waals surface area contributed by atoms with Crippen LogP contribution >= 0.6 is 0 Å². The second-order valence-corrected chi connectivity index (χ2v) is 4.84. The molecule has 2 saturated heterocycles. The highest BCUT2D eigenvalue weighted by Crippen LogP contribution is 2.26. The Bertz CT molecular complexity index is 218. The predicted molar refractivity (Wildman–Crippen MR) is 58.8 cm³/mol. The van der Waals surface area contributed by atoms with Crippen molar-refractivity contribution in [1.29, 1.82) is 0 Å². The minimum absolute atomic E-state index is 0.302. The van der Waals surface area contributed by atoms with Gasteiger partial charge in [0.05, 0.1) is 13.2 Å². The maximum atomic E-state index is 11.9. The van der Waals surface area contributed by atoms with Crippen LogP contribution in [0.1, 0.15) is 39.0 Å². The van der Waals surface area contributed by atoms with Gasteiger partial charge in [0.25, 0.3) is 0 Å². The summed E-state index contributed by atoms with van der Waals surface area (Å²) in [6.45, 7) is 3.71. The Morgan fingerprint density at radius 2 is 2.00 bits per heavy atom. The Balaban J connectivity index is 1.85. The normalized spacial score (nSPS) is 35.1. The number of hydrogen-bond donors (Lipinski definition) is 1. The van der Waals surface area contributed by atoms with E-state index in [1.54, 1.807) is 0 Å². The molecule has 0 aromatic carbocycles. The summed E-state index contributed by atoms with van der Waals surface area (Å²) in [6.07, 6.45) is 4.92. The monoisotopic (exact) mass is 211 g/mol. The molecule has 0 amide bonds. The van der Waals surface area contributed by atoms with Crippen LogP contribution in [0.3, 0.4) is 0 Å².